The maximum Gasteiger partial charge on any atom is 0.495 e. The average molecular weight is 344 g/mol. The van der Waals surface area contributed by atoms with Gasteiger partial charge < -0.3 is 41.7 Å². The van der Waals surface area contributed by atoms with E-state index in [9.17, 15) is 0 Å². The van der Waals surface area contributed by atoms with Gasteiger partial charge in [-0.05, 0) is 0 Å². The predicted octanol–water partition coefficient (Wildman–Crippen LogP) is 0.653. The zero-order valence-corrected chi connectivity index (χ0v) is 15.9. The molecule has 0 aliphatic rings. The first kappa shape index (κ1) is 21.9. The molecule has 10 heteroatoms. The fraction of sp³-hybridized carbons (Fsp3) is 1.00. The van der Waals surface area contributed by atoms with Crippen molar-refractivity contribution in [2.75, 3.05) is 42.7 Å². The molecule has 134 valence electrons. The molecule has 0 fully saturated rings. The minimum absolute atomic E-state index is 1.37. The monoisotopic (exact) mass is 344 g/mol. The summed E-state index contributed by atoms with van der Waals surface area (Å²) in [5.74, 6) is -4.12. The van der Waals surface area contributed by atoms with Gasteiger partial charge in [-0.3, -0.25) is 0 Å². The molecular formula is C12H28O9Si. The third-order valence-corrected chi connectivity index (χ3v) is 5.02. The summed E-state index contributed by atoms with van der Waals surface area (Å²) in [6, 6.07) is 0. The summed E-state index contributed by atoms with van der Waals surface area (Å²) in [6.07, 6.45) is 0. The summed E-state index contributed by atoms with van der Waals surface area (Å²) in [5.41, 5.74) is 0. The van der Waals surface area contributed by atoms with Crippen molar-refractivity contribution < 1.29 is 41.7 Å². The number of methoxy groups -OCH3 is 6. The van der Waals surface area contributed by atoms with Crippen molar-refractivity contribution in [2.24, 2.45) is 0 Å². The van der Waals surface area contributed by atoms with Gasteiger partial charge in [-0.15, -0.1) is 0 Å². The highest BCUT2D eigenvalue weighted by molar-refractivity contribution is 6.36. The molecule has 0 heterocycles. The lowest BCUT2D eigenvalue weighted by Crippen LogP contribution is -2.52. The Morgan fingerprint density at radius 1 is 0.455 bits per heavy atom. The lowest BCUT2D eigenvalue weighted by molar-refractivity contribution is -0.379. The van der Waals surface area contributed by atoms with Crippen LogP contribution in [-0.4, -0.2) is 70.1 Å². The molecule has 0 atom stereocenters. The number of ether oxygens (including phenoxy) is 6. The van der Waals surface area contributed by atoms with Crippen LogP contribution < -0.4 is 0 Å². The van der Waals surface area contributed by atoms with Crippen LogP contribution in [0.2, 0.25) is 0 Å². The second-order valence-corrected chi connectivity index (χ2v) is 5.74. The third kappa shape index (κ3) is 6.54. The van der Waals surface area contributed by atoms with E-state index in [4.69, 9.17) is 41.7 Å². The molecule has 0 aliphatic heterocycles. The molecule has 9 nitrogen and oxygen atoms in total. The van der Waals surface area contributed by atoms with E-state index in [1.165, 1.54) is 42.7 Å². The topological polar surface area (TPSA) is 83.1 Å². The lowest BCUT2D eigenvalue weighted by Gasteiger charge is -2.37. The smallest absolute Gasteiger partial charge is 0.332 e. The Balaban J connectivity index is 5.22. The minimum Gasteiger partial charge on any atom is -0.332 e. The molecule has 0 rings (SSSR count). The van der Waals surface area contributed by atoms with Gasteiger partial charge >= 0.3 is 9.53 Å². The molecule has 0 aromatic carbocycles. The van der Waals surface area contributed by atoms with Crippen LogP contribution in [0.5, 0.6) is 0 Å². The molecule has 0 spiro atoms. The van der Waals surface area contributed by atoms with Crippen LogP contribution >= 0.6 is 0 Å². The van der Waals surface area contributed by atoms with Crippen LogP contribution in [0.25, 0.3) is 0 Å². The van der Waals surface area contributed by atoms with Crippen molar-refractivity contribution in [3.63, 3.8) is 0 Å². The van der Waals surface area contributed by atoms with E-state index in [1.807, 2.05) is 0 Å². The number of hydrogen-bond acceptors (Lipinski definition) is 9. The first-order valence-electron chi connectivity index (χ1n) is 6.49. The molecule has 0 saturated carbocycles. The van der Waals surface area contributed by atoms with E-state index in [-0.39, 0.29) is 0 Å². The molecule has 0 N–H and O–H groups in total. The highest BCUT2D eigenvalue weighted by Crippen LogP contribution is 2.24. The molecule has 0 unspecified atom stereocenters. The molecule has 22 heavy (non-hydrogen) atoms. The van der Waals surface area contributed by atoms with Crippen LogP contribution in [0.3, 0.4) is 0 Å². The fourth-order valence-corrected chi connectivity index (χ4v) is 2.91. The Morgan fingerprint density at radius 3 is 0.773 bits per heavy atom. The SMILES string of the molecule is COC(C)(OC)O[SiH](OC(C)(OC)OC)OC(C)(OC)OC. The van der Waals surface area contributed by atoms with Gasteiger partial charge in [0.15, 0.2) is 0 Å². The summed E-state index contributed by atoms with van der Waals surface area (Å²) in [6.45, 7) is 4.69. The summed E-state index contributed by atoms with van der Waals surface area (Å²) in [7, 11) is 5.57. The van der Waals surface area contributed by atoms with Gasteiger partial charge in [0.05, 0.1) is 0 Å². The second kappa shape index (κ2) is 9.23. The second-order valence-electron chi connectivity index (χ2n) is 4.45. The molecule has 0 bridgehead atoms. The first-order valence-corrected chi connectivity index (χ1v) is 7.91. The summed E-state index contributed by atoms with van der Waals surface area (Å²) in [4.78, 5) is 0. The molecule has 0 radical (unpaired) electrons. The van der Waals surface area contributed by atoms with Crippen LogP contribution in [0.15, 0.2) is 0 Å². The van der Waals surface area contributed by atoms with E-state index in [0.717, 1.165) is 0 Å². The zero-order valence-electron chi connectivity index (χ0n) is 14.8. The van der Waals surface area contributed by atoms with Crippen LogP contribution in [0.1, 0.15) is 20.8 Å². The Morgan fingerprint density at radius 2 is 0.636 bits per heavy atom. The minimum atomic E-state index is -2.96. The largest absolute Gasteiger partial charge is 0.495 e. The van der Waals surface area contributed by atoms with E-state index in [0.29, 0.717) is 0 Å². The molecule has 0 amide bonds. The van der Waals surface area contributed by atoms with E-state index < -0.39 is 27.4 Å². The normalized spacial score (nSPS) is 13.9. The number of rotatable bonds is 12. The Kier molecular flexibility index (Phi) is 9.17. The van der Waals surface area contributed by atoms with Crippen molar-refractivity contribution in [3.8, 4) is 0 Å². The summed E-state index contributed by atoms with van der Waals surface area (Å²) >= 11 is 0. The summed E-state index contributed by atoms with van der Waals surface area (Å²) < 4.78 is 47.9. The fourth-order valence-electron chi connectivity index (χ4n) is 1.14. The maximum absolute atomic E-state index is 5.67. The third-order valence-electron chi connectivity index (χ3n) is 3.16. The van der Waals surface area contributed by atoms with Crippen LogP contribution in [-0.2, 0) is 41.7 Å². The van der Waals surface area contributed by atoms with Crippen molar-refractivity contribution in [2.45, 2.75) is 38.7 Å². The molecule has 0 aromatic rings. The van der Waals surface area contributed by atoms with Gasteiger partial charge in [0.1, 0.15) is 0 Å². The average Bonchev–Trinajstić information content (AvgIpc) is 2.54. The van der Waals surface area contributed by atoms with E-state index in [1.54, 1.807) is 20.8 Å². The van der Waals surface area contributed by atoms with Crippen molar-refractivity contribution in [1.82, 2.24) is 0 Å². The Labute approximate surface area is 133 Å². The van der Waals surface area contributed by atoms with E-state index >= 15 is 0 Å². The van der Waals surface area contributed by atoms with Gasteiger partial charge in [0.2, 0.25) is 0 Å². The summed E-state index contributed by atoms with van der Waals surface area (Å²) in [5, 5.41) is 0. The molecule has 0 saturated heterocycles. The van der Waals surface area contributed by atoms with E-state index in [2.05, 4.69) is 0 Å². The number of hydrogen-bond donors (Lipinski definition) is 0. The van der Waals surface area contributed by atoms with Crippen molar-refractivity contribution in [1.29, 1.82) is 0 Å². The first-order chi connectivity index (χ1) is 10.1. The van der Waals surface area contributed by atoms with Gasteiger partial charge in [-0.2, -0.15) is 0 Å². The highest BCUT2D eigenvalue weighted by atomic mass is 28.3. The maximum atomic E-state index is 5.67. The van der Waals surface area contributed by atoms with Crippen molar-refractivity contribution >= 4 is 9.53 Å². The molecular weight excluding hydrogens is 316 g/mol. The van der Waals surface area contributed by atoms with Gasteiger partial charge in [0.25, 0.3) is 17.9 Å². The Hall–Kier alpha value is -0.143. The van der Waals surface area contributed by atoms with Crippen molar-refractivity contribution in [3.05, 3.63) is 0 Å². The molecule has 0 aromatic heterocycles. The van der Waals surface area contributed by atoms with Gasteiger partial charge in [-0.1, -0.05) is 0 Å². The quantitative estimate of drug-likeness (QED) is 0.374. The molecule has 0 aliphatic carbocycles. The van der Waals surface area contributed by atoms with Gasteiger partial charge in [0, 0.05) is 63.4 Å². The Bertz CT molecular complexity index is 255. The van der Waals surface area contributed by atoms with Gasteiger partial charge in [-0.25, -0.2) is 0 Å². The van der Waals surface area contributed by atoms with Crippen LogP contribution in [0, 0.1) is 0 Å². The highest BCUT2D eigenvalue weighted by Gasteiger charge is 2.42. The standard InChI is InChI=1S/C12H28O9Si/c1-10(13-4,14-5)19-22(20-11(2,15-6)16-7)21-12(3,17-8)18-9/h22H,1-9H3. The lowest BCUT2D eigenvalue weighted by atomic mass is 10.7. The predicted molar refractivity (Wildman–Crippen MR) is 77.7 cm³/mol. The zero-order chi connectivity index (χ0) is 17.4. The van der Waals surface area contributed by atoms with Crippen LogP contribution in [0.4, 0.5) is 0 Å².